The molecule has 0 spiro atoms. The number of halogens is 1. The van der Waals surface area contributed by atoms with Crippen molar-refractivity contribution in [3.63, 3.8) is 0 Å². The summed E-state index contributed by atoms with van der Waals surface area (Å²) in [7, 11) is 1.87. The van der Waals surface area contributed by atoms with Crippen LogP contribution in [0.25, 0.3) is 0 Å². The zero-order valence-corrected chi connectivity index (χ0v) is 16.8. The predicted octanol–water partition coefficient (Wildman–Crippen LogP) is 1.13. The van der Waals surface area contributed by atoms with Crippen molar-refractivity contribution in [2.75, 3.05) is 24.2 Å². The molecule has 26 heavy (non-hydrogen) atoms. The summed E-state index contributed by atoms with van der Waals surface area (Å²) >= 11 is 2.71. The second kappa shape index (κ2) is 8.85. The van der Waals surface area contributed by atoms with Crippen LogP contribution in [0.15, 0.2) is 16.6 Å². The van der Waals surface area contributed by atoms with Crippen LogP contribution in [0.3, 0.4) is 0 Å². The topological polar surface area (TPSA) is 115 Å². The van der Waals surface area contributed by atoms with Gasteiger partial charge in [0.2, 0.25) is 11.8 Å². The van der Waals surface area contributed by atoms with Crippen molar-refractivity contribution in [1.82, 2.24) is 20.1 Å². The van der Waals surface area contributed by atoms with Gasteiger partial charge in [-0.3, -0.25) is 14.3 Å². The first-order chi connectivity index (χ1) is 11.9. The van der Waals surface area contributed by atoms with Gasteiger partial charge < -0.3 is 16.4 Å². The number of thiazole rings is 1. The fourth-order valence-corrected chi connectivity index (χ4v) is 4.72. The van der Waals surface area contributed by atoms with Gasteiger partial charge in [0.25, 0.3) is 0 Å². The van der Waals surface area contributed by atoms with Gasteiger partial charge in [0.1, 0.15) is 0 Å². The maximum Gasteiger partial charge on any atom is 0.231 e. The number of thioether (sulfide) groups is 1. The van der Waals surface area contributed by atoms with Crippen LogP contribution in [-0.4, -0.2) is 45.4 Å². The molecule has 0 aromatic carbocycles. The molecule has 0 saturated carbocycles. The fraction of sp³-hybridized carbons (Fsp3) is 0.467. The number of aromatic nitrogens is 3. The molecule has 1 fully saturated rings. The van der Waals surface area contributed by atoms with Crippen molar-refractivity contribution in [3.8, 4) is 0 Å². The molecule has 0 aliphatic carbocycles. The minimum Gasteiger partial charge on any atom is -0.369 e. The van der Waals surface area contributed by atoms with Crippen LogP contribution in [-0.2, 0) is 16.6 Å². The first-order valence-corrected chi connectivity index (χ1v) is 9.63. The van der Waals surface area contributed by atoms with Gasteiger partial charge in [-0.25, -0.2) is 4.98 Å². The van der Waals surface area contributed by atoms with Crippen LogP contribution < -0.4 is 16.4 Å². The Balaban J connectivity index is 0.00000243. The van der Waals surface area contributed by atoms with Crippen LogP contribution in [0.4, 0.5) is 5.13 Å². The number of aryl methyl sites for hydroxylation is 2. The number of nitrogens with zero attached hydrogens (tertiary/aromatic N) is 3. The van der Waals surface area contributed by atoms with E-state index in [2.05, 4.69) is 20.7 Å². The highest BCUT2D eigenvalue weighted by Crippen LogP contribution is 2.33. The molecule has 2 aromatic rings. The molecule has 4 N–H and O–H groups in total. The van der Waals surface area contributed by atoms with Crippen LogP contribution in [0, 0.1) is 12.8 Å². The number of amides is 2. The average Bonchev–Trinajstić information content (AvgIpc) is 3.25. The Bertz CT molecular complexity index is 793. The Kier molecular flexibility index (Phi) is 7.04. The van der Waals surface area contributed by atoms with Gasteiger partial charge in [0.05, 0.1) is 27.8 Å². The monoisotopic (exact) mass is 416 g/mol. The van der Waals surface area contributed by atoms with Gasteiger partial charge in [-0.05, 0) is 12.5 Å². The lowest BCUT2D eigenvalue weighted by molar-refractivity contribution is -0.119. The normalized spacial score (nSPS) is 19.2. The number of rotatable bonds is 6. The molecule has 2 aromatic heterocycles. The predicted molar refractivity (Wildman–Crippen MR) is 105 cm³/mol. The quantitative estimate of drug-likeness (QED) is 0.608. The van der Waals surface area contributed by atoms with Crippen molar-refractivity contribution in [2.45, 2.75) is 17.1 Å². The molecular formula is C15H21ClN6O2S2. The first kappa shape index (κ1) is 20.7. The summed E-state index contributed by atoms with van der Waals surface area (Å²) in [6, 6.07) is 0. The van der Waals surface area contributed by atoms with Crippen LogP contribution in [0.1, 0.15) is 17.2 Å². The summed E-state index contributed by atoms with van der Waals surface area (Å²) in [5, 5.41) is 10.9. The second-order valence-corrected chi connectivity index (χ2v) is 8.20. The number of hydrogen-bond acceptors (Lipinski definition) is 7. The highest BCUT2D eigenvalue weighted by atomic mass is 35.5. The number of hydrogen-bond donors (Lipinski definition) is 3. The van der Waals surface area contributed by atoms with E-state index in [0.717, 1.165) is 22.0 Å². The Morgan fingerprint density at radius 1 is 1.50 bits per heavy atom. The van der Waals surface area contributed by atoms with Crippen molar-refractivity contribution in [1.29, 1.82) is 0 Å². The van der Waals surface area contributed by atoms with Crippen molar-refractivity contribution in [2.24, 2.45) is 18.7 Å². The molecule has 3 rings (SSSR count). The van der Waals surface area contributed by atoms with Gasteiger partial charge in [0, 0.05) is 32.3 Å². The molecule has 3 heterocycles. The molecule has 0 bridgehead atoms. The zero-order chi connectivity index (χ0) is 18.0. The highest BCUT2D eigenvalue weighted by molar-refractivity contribution is 8.01. The summed E-state index contributed by atoms with van der Waals surface area (Å²) in [4.78, 5) is 28.0. The molecule has 0 radical (unpaired) electrons. The molecular weight excluding hydrogens is 396 g/mol. The summed E-state index contributed by atoms with van der Waals surface area (Å²) in [5.74, 6) is -0.307. The molecule has 11 heteroatoms. The van der Waals surface area contributed by atoms with E-state index < -0.39 is 0 Å². The Morgan fingerprint density at radius 3 is 2.92 bits per heavy atom. The average molecular weight is 417 g/mol. The van der Waals surface area contributed by atoms with Crippen molar-refractivity contribution < 1.29 is 9.59 Å². The minimum atomic E-state index is -0.375. The van der Waals surface area contributed by atoms with E-state index in [1.54, 1.807) is 4.68 Å². The summed E-state index contributed by atoms with van der Waals surface area (Å²) in [6.07, 6.45) is 3.76. The zero-order valence-electron chi connectivity index (χ0n) is 14.4. The third-order valence-corrected chi connectivity index (χ3v) is 6.49. The number of carbonyl (C=O) groups is 2. The molecule has 1 saturated heterocycles. The van der Waals surface area contributed by atoms with Crippen LogP contribution >= 0.6 is 35.5 Å². The van der Waals surface area contributed by atoms with E-state index in [0.29, 0.717) is 11.7 Å². The lowest BCUT2D eigenvalue weighted by Crippen LogP contribution is -2.28. The number of nitrogens with two attached hydrogens (primary N) is 1. The molecule has 8 nitrogen and oxygen atoms in total. The number of carbonyl (C=O) groups excluding carboxylic acids is 2. The maximum absolute atomic E-state index is 12.7. The van der Waals surface area contributed by atoms with Crippen LogP contribution in [0.2, 0.25) is 0 Å². The van der Waals surface area contributed by atoms with E-state index >= 15 is 0 Å². The fourth-order valence-electron chi connectivity index (χ4n) is 2.84. The highest BCUT2D eigenvalue weighted by Gasteiger charge is 2.35. The lowest BCUT2D eigenvalue weighted by atomic mass is 9.90. The Morgan fingerprint density at radius 2 is 2.27 bits per heavy atom. The molecule has 0 unspecified atom stereocenters. The smallest absolute Gasteiger partial charge is 0.231 e. The van der Waals surface area contributed by atoms with Gasteiger partial charge in [-0.1, -0.05) is 11.3 Å². The molecule has 2 atom stereocenters. The van der Waals surface area contributed by atoms with E-state index in [-0.39, 0.29) is 41.8 Å². The molecule has 1 aliphatic rings. The van der Waals surface area contributed by atoms with Crippen molar-refractivity contribution >= 4 is 52.5 Å². The lowest BCUT2D eigenvalue weighted by Gasteiger charge is -2.15. The van der Waals surface area contributed by atoms with Crippen LogP contribution in [0.5, 0.6) is 0 Å². The van der Waals surface area contributed by atoms with Gasteiger partial charge in [0.15, 0.2) is 5.13 Å². The maximum atomic E-state index is 12.7. The molecule has 1 aliphatic heterocycles. The largest absolute Gasteiger partial charge is 0.369 e. The van der Waals surface area contributed by atoms with Crippen molar-refractivity contribution in [3.05, 3.63) is 23.7 Å². The Labute approximate surface area is 165 Å². The van der Waals surface area contributed by atoms with Gasteiger partial charge >= 0.3 is 0 Å². The third-order valence-electron chi connectivity index (χ3n) is 4.03. The van der Waals surface area contributed by atoms with Gasteiger partial charge in [-0.15, -0.1) is 24.2 Å². The van der Waals surface area contributed by atoms with Gasteiger partial charge in [-0.2, -0.15) is 5.10 Å². The summed E-state index contributed by atoms with van der Waals surface area (Å²) in [6.45, 7) is 3.23. The van der Waals surface area contributed by atoms with E-state index in [1.165, 1.54) is 23.1 Å². The number of primary amides is 1. The third kappa shape index (κ3) is 4.76. The molecule has 2 amide bonds. The van der Waals surface area contributed by atoms with E-state index in [1.807, 2.05) is 26.4 Å². The standard InChI is InChI=1S/C15H20N6O2S2.ClH/c1-8-14(24-7-12(16)22)25-15(19-8)20-13(23)11-5-17-4-10(11)9-3-18-21(2)6-9;/h3,6,10-11,17H,4-5,7H2,1-2H3,(H2,16,22)(H,19,20,23);1H/t10-,11+;/m1./s1. The minimum absolute atomic E-state index is 0. The number of anilines is 1. The number of nitrogens with one attached hydrogen (secondary N) is 2. The summed E-state index contributed by atoms with van der Waals surface area (Å²) in [5.41, 5.74) is 7.02. The SMILES string of the molecule is Cc1nc(NC(=O)[C@H]2CNC[C@@H]2c2cnn(C)c2)sc1SCC(N)=O.Cl. The second-order valence-electron chi connectivity index (χ2n) is 5.95. The van der Waals surface area contributed by atoms with E-state index in [9.17, 15) is 9.59 Å². The Hall–Kier alpha value is -1.62. The first-order valence-electron chi connectivity index (χ1n) is 7.82. The summed E-state index contributed by atoms with van der Waals surface area (Å²) < 4.78 is 2.64. The molecule has 142 valence electrons. The van der Waals surface area contributed by atoms with E-state index in [4.69, 9.17) is 5.73 Å².